The second-order valence-electron chi connectivity index (χ2n) is 5.49. The van der Waals surface area contributed by atoms with Crippen molar-refractivity contribution in [2.24, 2.45) is 5.92 Å². The zero-order valence-electron chi connectivity index (χ0n) is 11.6. The minimum Gasteiger partial charge on any atom is -0.382 e. The standard InChI is InChI=1S/C13H15BrF3N5/c14-10-5-8(11-12(18)19-7-20-22(10)11)6-21-3-1-9(2-4-21)13(15,16)17/h5,7,9H,1-4,6H2,(H2,18,19,20). The predicted molar refractivity (Wildman–Crippen MR) is 79.2 cm³/mol. The van der Waals surface area contributed by atoms with E-state index in [2.05, 4.69) is 26.0 Å². The van der Waals surface area contributed by atoms with Gasteiger partial charge in [-0.05, 0) is 53.5 Å². The van der Waals surface area contributed by atoms with Crippen molar-refractivity contribution >= 4 is 27.3 Å². The molecule has 0 bridgehead atoms. The van der Waals surface area contributed by atoms with E-state index in [1.807, 2.05) is 11.0 Å². The topological polar surface area (TPSA) is 59.4 Å². The second kappa shape index (κ2) is 5.69. The molecule has 0 unspecified atom stereocenters. The van der Waals surface area contributed by atoms with Gasteiger partial charge >= 0.3 is 6.18 Å². The van der Waals surface area contributed by atoms with Crippen LogP contribution in [0.3, 0.4) is 0 Å². The third kappa shape index (κ3) is 2.91. The van der Waals surface area contributed by atoms with Crippen molar-refractivity contribution < 1.29 is 13.2 Å². The highest BCUT2D eigenvalue weighted by Crippen LogP contribution is 2.35. The van der Waals surface area contributed by atoms with Crippen molar-refractivity contribution in [2.45, 2.75) is 25.6 Å². The number of hydrogen-bond acceptors (Lipinski definition) is 4. The Hall–Kier alpha value is -1.35. The summed E-state index contributed by atoms with van der Waals surface area (Å²) >= 11 is 3.40. The summed E-state index contributed by atoms with van der Waals surface area (Å²) in [7, 11) is 0. The summed E-state index contributed by atoms with van der Waals surface area (Å²) in [6, 6.07) is 1.89. The molecule has 2 aromatic rings. The molecule has 1 aliphatic rings. The summed E-state index contributed by atoms with van der Waals surface area (Å²) in [5.74, 6) is -0.824. The van der Waals surface area contributed by atoms with Crippen LogP contribution >= 0.6 is 15.9 Å². The smallest absolute Gasteiger partial charge is 0.382 e. The number of rotatable bonds is 2. The van der Waals surface area contributed by atoms with E-state index in [4.69, 9.17) is 5.73 Å². The summed E-state index contributed by atoms with van der Waals surface area (Å²) in [5, 5.41) is 4.11. The Morgan fingerprint density at radius 1 is 1.32 bits per heavy atom. The molecule has 1 fully saturated rings. The van der Waals surface area contributed by atoms with Gasteiger partial charge in [0.25, 0.3) is 0 Å². The summed E-state index contributed by atoms with van der Waals surface area (Å²) in [6.07, 6.45) is -2.44. The van der Waals surface area contributed by atoms with Crippen LogP contribution in [-0.2, 0) is 6.54 Å². The molecular weight excluding hydrogens is 363 g/mol. The molecule has 2 aromatic heterocycles. The fourth-order valence-corrected chi connectivity index (χ4v) is 3.43. The summed E-state index contributed by atoms with van der Waals surface area (Å²) in [5.41, 5.74) is 7.51. The molecule has 1 saturated heterocycles. The molecule has 0 atom stereocenters. The van der Waals surface area contributed by atoms with Crippen LogP contribution in [0.15, 0.2) is 17.0 Å². The molecule has 0 saturated carbocycles. The Balaban J connectivity index is 1.75. The normalized spacial score (nSPS) is 18.2. The van der Waals surface area contributed by atoms with Crippen LogP contribution in [0.5, 0.6) is 0 Å². The van der Waals surface area contributed by atoms with Crippen LogP contribution in [0, 0.1) is 5.92 Å². The van der Waals surface area contributed by atoms with E-state index in [-0.39, 0.29) is 12.8 Å². The predicted octanol–water partition coefficient (Wildman–Crippen LogP) is 2.85. The largest absolute Gasteiger partial charge is 0.391 e. The molecule has 1 aliphatic heterocycles. The number of likely N-dealkylation sites (tertiary alicyclic amines) is 1. The first-order chi connectivity index (χ1) is 10.4. The van der Waals surface area contributed by atoms with Crippen molar-refractivity contribution in [3.05, 3.63) is 22.6 Å². The van der Waals surface area contributed by atoms with Crippen molar-refractivity contribution in [2.75, 3.05) is 18.8 Å². The zero-order valence-corrected chi connectivity index (χ0v) is 13.2. The van der Waals surface area contributed by atoms with Gasteiger partial charge in [0.1, 0.15) is 16.4 Å². The number of nitrogen functional groups attached to an aromatic ring is 1. The van der Waals surface area contributed by atoms with Crippen LogP contribution in [0.1, 0.15) is 18.4 Å². The minimum absolute atomic E-state index is 0.141. The lowest BCUT2D eigenvalue weighted by atomic mass is 9.96. The molecule has 0 aliphatic carbocycles. The van der Waals surface area contributed by atoms with Gasteiger partial charge in [0, 0.05) is 6.54 Å². The summed E-state index contributed by atoms with van der Waals surface area (Å²) in [4.78, 5) is 5.99. The fraction of sp³-hybridized carbons (Fsp3) is 0.538. The monoisotopic (exact) mass is 377 g/mol. The summed E-state index contributed by atoms with van der Waals surface area (Å²) < 4.78 is 40.5. The number of anilines is 1. The number of piperidine rings is 1. The molecule has 5 nitrogen and oxygen atoms in total. The first-order valence-electron chi connectivity index (χ1n) is 6.92. The number of alkyl halides is 3. The highest BCUT2D eigenvalue weighted by Gasteiger charge is 2.41. The van der Waals surface area contributed by atoms with Gasteiger partial charge in [0.2, 0.25) is 0 Å². The van der Waals surface area contributed by atoms with Gasteiger partial charge in [0.05, 0.1) is 5.92 Å². The van der Waals surface area contributed by atoms with E-state index in [1.165, 1.54) is 6.33 Å². The number of nitrogens with two attached hydrogens (primary N) is 1. The SMILES string of the molecule is Nc1ncnn2c(Br)cc(CN3CCC(C(F)(F)F)CC3)c12. The van der Waals surface area contributed by atoms with Gasteiger partial charge in [-0.25, -0.2) is 9.50 Å². The quantitative estimate of drug-likeness (QED) is 0.873. The number of fused-ring (bicyclic) bond motifs is 1. The molecule has 0 radical (unpaired) electrons. The first kappa shape index (κ1) is 15.5. The average Bonchev–Trinajstić information content (AvgIpc) is 2.76. The van der Waals surface area contributed by atoms with Crippen LogP contribution in [0.4, 0.5) is 19.0 Å². The Morgan fingerprint density at radius 2 is 2.00 bits per heavy atom. The van der Waals surface area contributed by atoms with Gasteiger partial charge in [-0.3, -0.25) is 4.90 Å². The van der Waals surface area contributed by atoms with Crippen LogP contribution in [0.25, 0.3) is 5.52 Å². The van der Waals surface area contributed by atoms with Crippen LogP contribution in [0.2, 0.25) is 0 Å². The number of halogens is 4. The Kier molecular flexibility index (Phi) is 4.02. The lowest BCUT2D eigenvalue weighted by Gasteiger charge is -2.32. The maximum absolute atomic E-state index is 12.7. The van der Waals surface area contributed by atoms with E-state index in [1.54, 1.807) is 4.52 Å². The maximum atomic E-state index is 12.7. The third-order valence-corrected chi connectivity index (χ3v) is 4.63. The molecule has 22 heavy (non-hydrogen) atoms. The first-order valence-corrected chi connectivity index (χ1v) is 7.71. The van der Waals surface area contributed by atoms with E-state index >= 15 is 0 Å². The highest BCUT2D eigenvalue weighted by atomic mass is 79.9. The lowest BCUT2D eigenvalue weighted by molar-refractivity contribution is -0.185. The molecule has 120 valence electrons. The van der Waals surface area contributed by atoms with Gasteiger partial charge in [0.15, 0.2) is 5.82 Å². The van der Waals surface area contributed by atoms with E-state index in [0.29, 0.717) is 31.0 Å². The molecule has 0 spiro atoms. The molecule has 3 rings (SSSR count). The molecule has 0 amide bonds. The third-order valence-electron chi connectivity index (χ3n) is 4.06. The Labute approximate surface area is 133 Å². The molecule has 3 heterocycles. The highest BCUT2D eigenvalue weighted by molar-refractivity contribution is 9.10. The van der Waals surface area contributed by atoms with Gasteiger partial charge in [-0.15, -0.1) is 0 Å². The Bertz CT molecular complexity index is 676. The van der Waals surface area contributed by atoms with Crippen molar-refractivity contribution in [3.63, 3.8) is 0 Å². The lowest BCUT2D eigenvalue weighted by Crippen LogP contribution is -2.38. The second-order valence-corrected chi connectivity index (χ2v) is 6.30. The molecule has 2 N–H and O–H groups in total. The van der Waals surface area contributed by atoms with Crippen LogP contribution < -0.4 is 5.73 Å². The summed E-state index contributed by atoms with van der Waals surface area (Å²) in [6.45, 7) is 1.39. The zero-order chi connectivity index (χ0) is 15.9. The van der Waals surface area contributed by atoms with Crippen molar-refractivity contribution in [1.82, 2.24) is 19.5 Å². The molecule has 0 aromatic carbocycles. The van der Waals surface area contributed by atoms with Gasteiger partial charge in [-0.1, -0.05) is 0 Å². The van der Waals surface area contributed by atoms with Crippen molar-refractivity contribution in [3.8, 4) is 0 Å². The number of hydrogen-bond donors (Lipinski definition) is 1. The molecule has 9 heteroatoms. The molecular formula is C13H15BrF3N5. The van der Waals surface area contributed by atoms with E-state index in [9.17, 15) is 13.2 Å². The van der Waals surface area contributed by atoms with Gasteiger partial charge in [-0.2, -0.15) is 18.3 Å². The van der Waals surface area contributed by atoms with Gasteiger partial charge < -0.3 is 5.73 Å². The van der Waals surface area contributed by atoms with E-state index < -0.39 is 12.1 Å². The number of nitrogens with zero attached hydrogens (tertiary/aromatic N) is 4. The average molecular weight is 378 g/mol. The van der Waals surface area contributed by atoms with Crippen molar-refractivity contribution in [1.29, 1.82) is 0 Å². The minimum atomic E-state index is -4.09. The number of aromatic nitrogens is 3. The maximum Gasteiger partial charge on any atom is 0.391 e. The van der Waals surface area contributed by atoms with Crippen LogP contribution in [-0.4, -0.2) is 38.8 Å². The fourth-order valence-electron chi connectivity index (χ4n) is 2.88. The Morgan fingerprint density at radius 3 is 2.64 bits per heavy atom. The van der Waals surface area contributed by atoms with E-state index in [0.717, 1.165) is 10.2 Å².